The van der Waals surface area contributed by atoms with Crippen LogP contribution in [0.25, 0.3) is 95.7 Å². The van der Waals surface area contributed by atoms with Crippen LogP contribution >= 0.6 is 34.0 Å². The maximum Gasteiger partial charge on any atom is 0.103 e. The third kappa shape index (κ3) is 6.06. The van der Waals surface area contributed by atoms with Crippen LogP contribution in [0.5, 0.6) is 0 Å². The summed E-state index contributed by atoms with van der Waals surface area (Å²) >= 11 is 5.72. The van der Waals surface area contributed by atoms with E-state index in [4.69, 9.17) is 0 Å². The molecule has 13 aromatic rings. The molecule has 0 atom stereocenters. The molecule has 0 N–H and O–H groups in total. The van der Waals surface area contributed by atoms with Crippen LogP contribution in [-0.4, -0.2) is 9.13 Å². The molecule has 64 heavy (non-hydrogen) atoms. The van der Waals surface area contributed by atoms with Crippen LogP contribution in [-0.2, 0) is 0 Å². The summed E-state index contributed by atoms with van der Waals surface area (Å²) in [7, 11) is 0. The second-order valence-corrected chi connectivity index (χ2v) is 19.3. The van der Waals surface area contributed by atoms with Crippen LogP contribution < -0.4 is 4.90 Å². The Hall–Kier alpha value is -7.48. The number of anilines is 3. The lowest BCUT2D eigenvalue weighted by Gasteiger charge is -2.24. The molecule has 0 saturated heterocycles. The van der Waals surface area contributed by atoms with Gasteiger partial charge in [-0.15, -0.1) is 34.0 Å². The van der Waals surface area contributed by atoms with Gasteiger partial charge < -0.3 is 14.0 Å². The Morgan fingerprint density at radius 1 is 0.312 bits per heavy atom. The Balaban J connectivity index is 1.06. The van der Waals surface area contributed by atoms with Gasteiger partial charge in [0.25, 0.3) is 0 Å². The van der Waals surface area contributed by atoms with E-state index in [9.17, 15) is 0 Å². The molecule has 0 aliphatic rings. The van der Waals surface area contributed by atoms with E-state index in [0.717, 1.165) is 17.1 Å². The molecular formula is C58H37N3S3. The van der Waals surface area contributed by atoms with Gasteiger partial charge in [0.2, 0.25) is 0 Å². The summed E-state index contributed by atoms with van der Waals surface area (Å²) in [6, 6.07) is 81.5. The van der Waals surface area contributed by atoms with Crippen LogP contribution in [0.15, 0.2) is 224 Å². The summed E-state index contributed by atoms with van der Waals surface area (Å²) in [6.45, 7) is 0. The quantitative estimate of drug-likeness (QED) is 0.148. The summed E-state index contributed by atoms with van der Waals surface area (Å²) < 4.78 is 10.3. The molecule has 0 fully saturated rings. The van der Waals surface area contributed by atoms with E-state index in [-0.39, 0.29) is 0 Å². The number of hydrogen-bond acceptors (Lipinski definition) is 4. The Morgan fingerprint density at radius 2 is 0.781 bits per heavy atom. The molecule has 0 radical (unpaired) electrons. The zero-order valence-corrected chi connectivity index (χ0v) is 36.9. The monoisotopic (exact) mass is 871 g/mol. The van der Waals surface area contributed by atoms with Gasteiger partial charge in [0.15, 0.2) is 0 Å². The number of hydrogen-bond donors (Lipinski definition) is 0. The Kier molecular flexibility index (Phi) is 8.76. The highest BCUT2D eigenvalue weighted by atomic mass is 32.1. The molecule has 0 aliphatic carbocycles. The normalized spacial score (nSPS) is 11.8. The minimum atomic E-state index is 1.12. The minimum absolute atomic E-state index is 1.12. The first-order valence-corrected chi connectivity index (χ1v) is 23.9. The Morgan fingerprint density at radius 3 is 1.38 bits per heavy atom. The molecule has 8 aromatic carbocycles. The maximum absolute atomic E-state index is 2.54. The van der Waals surface area contributed by atoms with Gasteiger partial charge in [0.05, 0.1) is 40.9 Å². The minimum Gasteiger partial charge on any atom is -0.306 e. The van der Waals surface area contributed by atoms with Crippen molar-refractivity contribution in [2.24, 2.45) is 0 Å². The third-order valence-electron chi connectivity index (χ3n) is 12.4. The molecule has 6 heteroatoms. The molecular weight excluding hydrogens is 835 g/mol. The van der Waals surface area contributed by atoms with Gasteiger partial charge in [-0.1, -0.05) is 164 Å². The van der Waals surface area contributed by atoms with E-state index in [1.807, 2.05) is 34.0 Å². The fourth-order valence-electron chi connectivity index (χ4n) is 9.34. The van der Waals surface area contributed by atoms with Gasteiger partial charge in [-0.05, 0) is 99.3 Å². The molecule has 13 rings (SSSR count). The fraction of sp³-hybridized carbons (Fsp3) is 0. The molecule has 5 aromatic heterocycles. The molecule has 302 valence electrons. The highest BCUT2D eigenvalue weighted by molar-refractivity contribution is 7.35. The van der Waals surface area contributed by atoms with Gasteiger partial charge in [0.1, 0.15) is 5.00 Å². The third-order valence-corrected chi connectivity index (χ3v) is 16.1. The number of benzene rings is 8. The van der Waals surface area contributed by atoms with Crippen molar-refractivity contribution in [1.29, 1.82) is 0 Å². The highest BCUT2D eigenvalue weighted by Crippen LogP contribution is 2.54. The zero-order chi connectivity index (χ0) is 42.1. The first kappa shape index (κ1) is 37.1. The molecule has 0 aliphatic heterocycles. The second kappa shape index (κ2) is 15.1. The van der Waals surface area contributed by atoms with E-state index in [1.54, 1.807) is 0 Å². The van der Waals surface area contributed by atoms with Crippen LogP contribution in [0.4, 0.5) is 16.4 Å². The number of nitrogens with zero attached hydrogens (tertiary/aromatic N) is 3. The Labute approximate surface area is 382 Å². The van der Waals surface area contributed by atoms with Gasteiger partial charge in [-0.25, -0.2) is 0 Å². The van der Waals surface area contributed by atoms with E-state index in [2.05, 4.69) is 238 Å². The van der Waals surface area contributed by atoms with Crippen LogP contribution in [0.3, 0.4) is 0 Å². The van der Waals surface area contributed by atoms with Crippen molar-refractivity contribution in [3.8, 4) is 44.1 Å². The average Bonchev–Trinajstić information content (AvgIpc) is 4.18. The molecule has 0 amide bonds. The van der Waals surface area contributed by atoms with Crippen molar-refractivity contribution in [2.75, 3.05) is 4.90 Å². The smallest absolute Gasteiger partial charge is 0.103 e. The standard InChI is InChI=1S/C58H37N3S3/c1-5-15-38(16-6-1)41-25-30-46(31-26-41)59(47-32-27-42(28-33-47)39-17-7-2-8-18-39)52-37-50-56(63-52)58-53(60(50)45-23-11-4-12-24-45)54-57(64-58)55-49(36-51(62-55)43-20-9-3-10-21-43)61(54)48-34-29-40-19-13-14-22-44(40)35-48/h1-37H. The van der Waals surface area contributed by atoms with E-state index in [0.29, 0.717) is 0 Å². The van der Waals surface area contributed by atoms with Crippen molar-refractivity contribution in [3.63, 3.8) is 0 Å². The lowest BCUT2D eigenvalue weighted by atomic mass is 10.0. The van der Waals surface area contributed by atoms with Crippen LogP contribution in [0, 0.1) is 0 Å². The average molecular weight is 872 g/mol. The fourth-order valence-corrected chi connectivity index (χ4v) is 13.2. The van der Waals surface area contributed by atoms with Crippen molar-refractivity contribution >= 4 is 102 Å². The summed E-state index contributed by atoms with van der Waals surface area (Å²) in [5.41, 5.74) is 15.6. The lowest BCUT2D eigenvalue weighted by molar-refractivity contribution is 1.15. The largest absolute Gasteiger partial charge is 0.306 e. The predicted molar refractivity (Wildman–Crippen MR) is 277 cm³/mol. The van der Waals surface area contributed by atoms with Crippen molar-refractivity contribution in [2.45, 2.75) is 0 Å². The second-order valence-electron chi connectivity index (χ2n) is 16.1. The van der Waals surface area contributed by atoms with E-state index in [1.165, 1.54) is 95.0 Å². The number of rotatable bonds is 8. The molecule has 3 nitrogen and oxygen atoms in total. The molecule has 0 unspecified atom stereocenters. The number of para-hydroxylation sites is 1. The zero-order valence-electron chi connectivity index (χ0n) is 34.4. The summed E-state index contributed by atoms with van der Waals surface area (Å²) in [5.74, 6) is 0. The summed E-state index contributed by atoms with van der Waals surface area (Å²) in [4.78, 5) is 3.71. The van der Waals surface area contributed by atoms with Crippen molar-refractivity contribution in [1.82, 2.24) is 9.13 Å². The number of fused-ring (bicyclic) bond motifs is 8. The van der Waals surface area contributed by atoms with E-state index >= 15 is 0 Å². The summed E-state index contributed by atoms with van der Waals surface area (Å²) in [5, 5.41) is 3.64. The molecule has 0 saturated carbocycles. The van der Waals surface area contributed by atoms with Crippen LogP contribution in [0.2, 0.25) is 0 Å². The van der Waals surface area contributed by atoms with E-state index < -0.39 is 0 Å². The van der Waals surface area contributed by atoms with Gasteiger partial charge in [0, 0.05) is 27.6 Å². The molecule has 0 spiro atoms. The van der Waals surface area contributed by atoms with Gasteiger partial charge in [-0.2, -0.15) is 0 Å². The first-order chi connectivity index (χ1) is 31.7. The van der Waals surface area contributed by atoms with Crippen molar-refractivity contribution in [3.05, 3.63) is 224 Å². The number of aromatic nitrogens is 2. The maximum atomic E-state index is 2.54. The Bertz CT molecular complexity index is 3720. The SMILES string of the molecule is c1ccc(-c2ccc(N(c3ccc(-c4ccccc4)cc3)c3cc4c(s3)c3sc5c6sc(-c7ccccc7)cc6n(-c6ccc7ccccc7c6)c5c3n4-c3ccccc3)cc2)cc1. The first-order valence-electron chi connectivity index (χ1n) is 21.5. The highest BCUT2D eigenvalue weighted by Gasteiger charge is 2.28. The van der Waals surface area contributed by atoms with Crippen LogP contribution in [0.1, 0.15) is 0 Å². The summed E-state index contributed by atoms with van der Waals surface area (Å²) in [6.07, 6.45) is 0. The van der Waals surface area contributed by atoms with Crippen molar-refractivity contribution < 1.29 is 0 Å². The molecule has 0 bridgehead atoms. The van der Waals surface area contributed by atoms with Gasteiger partial charge in [-0.3, -0.25) is 0 Å². The molecule has 5 heterocycles. The topological polar surface area (TPSA) is 13.1 Å². The lowest BCUT2D eigenvalue weighted by Crippen LogP contribution is -2.08. The number of thiophene rings is 3. The van der Waals surface area contributed by atoms with Gasteiger partial charge >= 0.3 is 0 Å². The predicted octanol–water partition coefficient (Wildman–Crippen LogP) is 17.7.